The predicted molar refractivity (Wildman–Crippen MR) is 75.3 cm³/mol. The lowest BCUT2D eigenvalue weighted by Crippen LogP contribution is -2.56. The van der Waals surface area contributed by atoms with Gasteiger partial charge in [-0.25, -0.2) is 0 Å². The molecule has 19 heavy (non-hydrogen) atoms. The molecule has 3 heterocycles. The van der Waals surface area contributed by atoms with E-state index in [0.717, 1.165) is 26.1 Å². The molecule has 4 heteroatoms. The fourth-order valence-electron chi connectivity index (χ4n) is 3.84. The van der Waals surface area contributed by atoms with Crippen molar-refractivity contribution in [2.24, 2.45) is 0 Å². The van der Waals surface area contributed by atoms with E-state index in [1.54, 1.807) is 4.88 Å². The molecule has 1 spiro atoms. The Labute approximate surface area is 118 Å². The molecule has 3 fully saturated rings. The van der Waals surface area contributed by atoms with Gasteiger partial charge in [-0.2, -0.15) is 0 Å². The van der Waals surface area contributed by atoms with Crippen molar-refractivity contribution in [3.05, 3.63) is 22.4 Å². The SMILES string of the molecule is c1csc(C2(N3CCC3)CCC3(CC2)OCCO3)c1. The fraction of sp³-hybridized carbons (Fsp3) is 0.733. The van der Waals surface area contributed by atoms with Crippen LogP contribution in [0.25, 0.3) is 0 Å². The number of thiophene rings is 1. The largest absolute Gasteiger partial charge is 0.348 e. The summed E-state index contributed by atoms with van der Waals surface area (Å²) in [6, 6.07) is 4.51. The smallest absolute Gasteiger partial charge is 0.168 e. The first-order valence-corrected chi connectivity index (χ1v) is 8.28. The fourth-order valence-corrected chi connectivity index (χ4v) is 4.85. The zero-order chi connectivity index (χ0) is 12.8. The van der Waals surface area contributed by atoms with Gasteiger partial charge in [-0.15, -0.1) is 11.3 Å². The Morgan fingerprint density at radius 1 is 1.05 bits per heavy atom. The first kappa shape index (κ1) is 12.3. The second-order valence-electron chi connectivity index (χ2n) is 5.96. The first-order valence-electron chi connectivity index (χ1n) is 7.40. The number of rotatable bonds is 2. The van der Waals surface area contributed by atoms with Crippen LogP contribution < -0.4 is 0 Å². The monoisotopic (exact) mass is 279 g/mol. The van der Waals surface area contributed by atoms with Crippen LogP contribution in [0.1, 0.15) is 37.0 Å². The maximum Gasteiger partial charge on any atom is 0.168 e. The number of hydrogen-bond acceptors (Lipinski definition) is 4. The Morgan fingerprint density at radius 3 is 2.32 bits per heavy atom. The van der Waals surface area contributed by atoms with Crippen molar-refractivity contribution in [1.29, 1.82) is 0 Å². The van der Waals surface area contributed by atoms with Gasteiger partial charge < -0.3 is 9.47 Å². The van der Waals surface area contributed by atoms with Crippen molar-refractivity contribution in [1.82, 2.24) is 4.90 Å². The second-order valence-corrected chi connectivity index (χ2v) is 6.90. The summed E-state index contributed by atoms with van der Waals surface area (Å²) < 4.78 is 11.8. The summed E-state index contributed by atoms with van der Waals surface area (Å²) >= 11 is 1.91. The summed E-state index contributed by atoms with van der Waals surface area (Å²) in [7, 11) is 0. The number of nitrogens with zero attached hydrogens (tertiary/aromatic N) is 1. The van der Waals surface area contributed by atoms with Crippen molar-refractivity contribution >= 4 is 11.3 Å². The van der Waals surface area contributed by atoms with E-state index < -0.39 is 0 Å². The van der Waals surface area contributed by atoms with E-state index in [0.29, 0.717) is 0 Å². The van der Waals surface area contributed by atoms with E-state index in [9.17, 15) is 0 Å². The zero-order valence-electron chi connectivity index (χ0n) is 11.3. The van der Waals surface area contributed by atoms with Gasteiger partial charge in [-0.1, -0.05) is 6.07 Å². The van der Waals surface area contributed by atoms with Crippen molar-refractivity contribution < 1.29 is 9.47 Å². The highest BCUT2D eigenvalue weighted by Gasteiger charge is 2.50. The summed E-state index contributed by atoms with van der Waals surface area (Å²) in [6.07, 6.45) is 5.79. The van der Waals surface area contributed by atoms with Crippen LogP contribution >= 0.6 is 11.3 Å². The van der Waals surface area contributed by atoms with Crippen molar-refractivity contribution in [3.8, 4) is 0 Å². The highest BCUT2D eigenvalue weighted by atomic mass is 32.1. The maximum absolute atomic E-state index is 5.89. The van der Waals surface area contributed by atoms with Gasteiger partial charge in [0.15, 0.2) is 5.79 Å². The van der Waals surface area contributed by atoms with Gasteiger partial charge in [-0.05, 0) is 30.7 Å². The van der Waals surface area contributed by atoms with Crippen LogP contribution in [0.5, 0.6) is 0 Å². The molecular weight excluding hydrogens is 258 g/mol. The van der Waals surface area contributed by atoms with E-state index in [2.05, 4.69) is 22.4 Å². The molecule has 0 unspecified atom stereocenters. The number of likely N-dealkylation sites (tertiary alicyclic amines) is 1. The van der Waals surface area contributed by atoms with E-state index >= 15 is 0 Å². The lowest BCUT2D eigenvalue weighted by atomic mass is 9.75. The Bertz CT molecular complexity index is 425. The van der Waals surface area contributed by atoms with Crippen LogP contribution in [0.15, 0.2) is 17.5 Å². The summed E-state index contributed by atoms with van der Waals surface area (Å²) in [4.78, 5) is 4.22. The minimum atomic E-state index is -0.244. The quantitative estimate of drug-likeness (QED) is 0.831. The molecule has 0 amide bonds. The molecule has 2 aliphatic heterocycles. The van der Waals surface area contributed by atoms with Crippen molar-refractivity contribution in [2.45, 2.75) is 43.4 Å². The molecular formula is C15H21NO2S. The second kappa shape index (κ2) is 4.55. The highest BCUT2D eigenvalue weighted by Crippen LogP contribution is 2.50. The van der Waals surface area contributed by atoms with Crippen LogP contribution in [0.3, 0.4) is 0 Å². The Balaban J connectivity index is 1.59. The summed E-state index contributed by atoms with van der Waals surface area (Å²) in [5, 5.41) is 2.21. The minimum Gasteiger partial charge on any atom is -0.348 e. The van der Waals surface area contributed by atoms with E-state index in [1.165, 1.54) is 32.4 Å². The molecule has 1 aliphatic carbocycles. The van der Waals surface area contributed by atoms with E-state index in [4.69, 9.17) is 9.47 Å². The summed E-state index contributed by atoms with van der Waals surface area (Å²) in [6.45, 7) is 4.06. The molecule has 4 rings (SSSR count). The first-order chi connectivity index (χ1) is 9.33. The molecule has 0 N–H and O–H groups in total. The van der Waals surface area contributed by atoms with Crippen molar-refractivity contribution in [2.75, 3.05) is 26.3 Å². The standard InChI is InChI=1S/C15H21NO2S/c1-3-13(19-12-1)14(16-8-2-9-16)4-6-15(7-5-14)17-10-11-18-15/h1,3,12H,2,4-11H2. The predicted octanol–water partition coefficient (Wildman–Crippen LogP) is 2.97. The van der Waals surface area contributed by atoms with Gasteiger partial charge in [0, 0.05) is 30.8 Å². The van der Waals surface area contributed by atoms with Crippen LogP contribution in [-0.2, 0) is 15.0 Å². The lowest BCUT2D eigenvalue weighted by molar-refractivity contribution is -0.198. The molecule has 0 atom stereocenters. The molecule has 0 radical (unpaired) electrons. The third kappa shape index (κ3) is 1.88. The Hall–Kier alpha value is -0.420. The van der Waals surface area contributed by atoms with Gasteiger partial charge in [0.25, 0.3) is 0 Å². The van der Waals surface area contributed by atoms with Gasteiger partial charge in [0.1, 0.15) is 0 Å². The van der Waals surface area contributed by atoms with Gasteiger partial charge in [0.05, 0.1) is 18.8 Å². The zero-order valence-corrected chi connectivity index (χ0v) is 12.1. The topological polar surface area (TPSA) is 21.7 Å². The number of ether oxygens (including phenoxy) is 2. The maximum atomic E-state index is 5.89. The highest BCUT2D eigenvalue weighted by molar-refractivity contribution is 7.10. The van der Waals surface area contributed by atoms with Gasteiger partial charge in [0.2, 0.25) is 0 Å². The molecule has 1 aromatic heterocycles. The van der Waals surface area contributed by atoms with Crippen molar-refractivity contribution in [3.63, 3.8) is 0 Å². The molecule has 0 bridgehead atoms. The van der Waals surface area contributed by atoms with Crippen LogP contribution in [0.2, 0.25) is 0 Å². The van der Waals surface area contributed by atoms with E-state index in [1.807, 2.05) is 11.3 Å². The Morgan fingerprint density at radius 2 is 1.79 bits per heavy atom. The number of hydrogen-bond donors (Lipinski definition) is 0. The van der Waals surface area contributed by atoms with Gasteiger partial charge in [-0.3, -0.25) is 4.90 Å². The molecule has 1 aromatic rings. The lowest BCUT2D eigenvalue weighted by Gasteiger charge is -2.53. The summed E-state index contributed by atoms with van der Waals surface area (Å²) in [5.41, 5.74) is 0.271. The molecule has 3 nitrogen and oxygen atoms in total. The molecule has 3 aliphatic rings. The van der Waals surface area contributed by atoms with Crippen LogP contribution in [0, 0.1) is 0 Å². The minimum absolute atomic E-state index is 0.244. The molecule has 0 aromatic carbocycles. The van der Waals surface area contributed by atoms with Gasteiger partial charge >= 0.3 is 0 Å². The van der Waals surface area contributed by atoms with E-state index in [-0.39, 0.29) is 11.3 Å². The molecule has 2 saturated heterocycles. The normalized spacial score (nSPS) is 29.5. The molecule has 104 valence electrons. The molecule has 1 saturated carbocycles. The summed E-state index contributed by atoms with van der Waals surface area (Å²) in [5.74, 6) is -0.244. The average molecular weight is 279 g/mol. The third-order valence-electron chi connectivity index (χ3n) is 5.09. The Kier molecular flexibility index (Phi) is 2.95. The van der Waals surface area contributed by atoms with Crippen LogP contribution in [-0.4, -0.2) is 37.0 Å². The van der Waals surface area contributed by atoms with Crippen LogP contribution in [0.4, 0.5) is 0 Å². The third-order valence-corrected chi connectivity index (χ3v) is 6.16. The average Bonchev–Trinajstić information content (AvgIpc) is 3.03.